The van der Waals surface area contributed by atoms with Crippen LogP contribution in [0.15, 0.2) is 67.2 Å². The van der Waals surface area contributed by atoms with Gasteiger partial charge < -0.3 is 15.5 Å². The van der Waals surface area contributed by atoms with Crippen molar-refractivity contribution in [1.82, 2.24) is 40.6 Å². The molecule has 0 aromatic carbocycles. The zero-order chi connectivity index (χ0) is 25.3. The second-order valence-corrected chi connectivity index (χ2v) is 7.76. The van der Waals surface area contributed by atoms with E-state index in [1.807, 2.05) is 6.07 Å². The lowest BCUT2D eigenvalue weighted by atomic mass is 10.2. The van der Waals surface area contributed by atoms with Crippen LogP contribution >= 0.6 is 0 Å². The van der Waals surface area contributed by atoms with Gasteiger partial charge in [0, 0.05) is 43.9 Å². The molecule has 0 unspecified atom stereocenters. The average Bonchev–Trinajstić information content (AvgIpc) is 3.22. The van der Waals surface area contributed by atoms with Crippen molar-refractivity contribution in [3.05, 3.63) is 67.2 Å². The molecule has 0 fully saturated rings. The fraction of sp³-hybridized carbons (Fsp3) is 0.208. The first-order valence-corrected chi connectivity index (χ1v) is 11.2. The molecule has 1 aliphatic rings. The van der Waals surface area contributed by atoms with Gasteiger partial charge in [-0.3, -0.25) is 24.4 Å². The maximum Gasteiger partial charge on any atom is 0.251 e. The summed E-state index contributed by atoms with van der Waals surface area (Å²) in [5, 5.41) is 21.6. The Balaban J connectivity index is 1.17. The predicted octanol–water partition coefficient (Wildman–Crippen LogP) is 1.53. The van der Waals surface area contributed by atoms with E-state index >= 15 is 0 Å². The third-order valence-corrected chi connectivity index (χ3v) is 5.15. The number of nitrogens with zero attached hydrogens (tertiary/aromatic N) is 7. The number of aromatic nitrogens is 6. The number of hydrogen-bond acceptors (Lipinski definition) is 9. The molecule has 1 aliphatic heterocycles. The Hall–Kier alpha value is -4.87. The first-order chi connectivity index (χ1) is 17.5. The molecule has 4 rings (SSSR count). The first kappa shape index (κ1) is 24.3. The molecule has 3 amide bonds. The molecule has 12 nitrogen and oxygen atoms in total. The van der Waals surface area contributed by atoms with Crippen LogP contribution in [0.3, 0.4) is 0 Å². The summed E-state index contributed by atoms with van der Waals surface area (Å²) in [6.45, 7) is 4.43. The van der Waals surface area contributed by atoms with Crippen molar-refractivity contribution in [3.63, 3.8) is 0 Å². The molecule has 12 heteroatoms. The Bertz CT molecular complexity index is 1260. The van der Waals surface area contributed by atoms with Crippen molar-refractivity contribution in [2.45, 2.75) is 19.3 Å². The smallest absolute Gasteiger partial charge is 0.251 e. The van der Waals surface area contributed by atoms with Gasteiger partial charge in [-0.05, 0) is 36.8 Å². The summed E-state index contributed by atoms with van der Waals surface area (Å²) in [6.07, 6.45) is 6.94. The SMILES string of the molecule is C=C1C=CC(=O)N1CCNC(=O)CCCC(=O)Nc1ccc(-c2nnc(-c3ccccn3)nn2)nc1. The number of hydrogen-bond donors (Lipinski definition) is 2. The van der Waals surface area contributed by atoms with Crippen LogP contribution in [-0.4, -0.2) is 66.1 Å². The van der Waals surface area contributed by atoms with Crippen molar-refractivity contribution in [1.29, 1.82) is 0 Å². The molecule has 0 saturated heterocycles. The largest absolute Gasteiger partial charge is 0.354 e. The molecule has 2 N–H and O–H groups in total. The van der Waals surface area contributed by atoms with Crippen molar-refractivity contribution >= 4 is 23.4 Å². The number of carbonyl (C=O) groups excluding carboxylic acids is 3. The summed E-state index contributed by atoms with van der Waals surface area (Å²) in [7, 11) is 0. The van der Waals surface area contributed by atoms with Gasteiger partial charge in [0.05, 0.1) is 11.9 Å². The van der Waals surface area contributed by atoms with Crippen molar-refractivity contribution < 1.29 is 14.4 Å². The molecule has 0 bridgehead atoms. The van der Waals surface area contributed by atoms with Gasteiger partial charge in [0.2, 0.25) is 23.5 Å². The molecule has 0 spiro atoms. The molecule has 3 aromatic heterocycles. The molecule has 3 aromatic rings. The second-order valence-electron chi connectivity index (χ2n) is 7.76. The van der Waals surface area contributed by atoms with Gasteiger partial charge in [-0.25, -0.2) is 0 Å². The maximum atomic E-state index is 12.2. The maximum absolute atomic E-state index is 12.2. The predicted molar refractivity (Wildman–Crippen MR) is 130 cm³/mol. The zero-order valence-electron chi connectivity index (χ0n) is 19.3. The Morgan fingerprint density at radius 1 is 0.889 bits per heavy atom. The molecule has 4 heterocycles. The van der Waals surface area contributed by atoms with Crippen molar-refractivity contribution in [2.24, 2.45) is 0 Å². The quantitative estimate of drug-likeness (QED) is 0.435. The van der Waals surface area contributed by atoms with E-state index in [0.29, 0.717) is 48.1 Å². The minimum atomic E-state index is -0.235. The minimum Gasteiger partial charge on any atom is -0.354 e. The molecule has 182 valence electrons. The van der Waals surface area contributed by atoms with Gasteiger partial charge in [-0.2, -0.15) is 0 Å². The van der Waals surface area contributed by atoms with Crippen molar-refractivity contribution in [2.75, 3.05) is 18.4 Å². The van der Waals surface area contributed by atoms with Gasteiger partial charge in [-0.15, -0.1) is 20.4 Å². The molecule has 36 heavy (non-hydrogen) atoms. The normalized spacial score (nSPS) is 12.6. The van der Waals surface area contributed by atoms with Crippen LogP contribution in [0, 0.1) is 0 Å². The first-order valence-electron chi connectivity index (χ1n) is 11.2. The monoisotopic (exact) mass is 485 g/mol. The Morgan fingerprint density at radius 3 is 2.22 bits per heavy atom. The third-order valence-electron chi connectivity index (χ3n) is 5.15. The van der Waals surface area contributed by atoms with Crippen LogP contribution < -0.4 is 10.6 Å². The van der Waals surface area contributed by atoms with E-state index in [2.05, 4.69) is 47.6 Å². The Labute approximate surface area is 206 Å². The van der Waals surface area contributed by atoms with Gasteiger partial charge in [0.1, 0.15) is 11.4 Å². The van der Waals surface area contributed by atoms with E-state index in [0.717, 1.165) is 0 Å². The number of amides is 3. The number of nitrogens with one attached hydrogen (secondary N) is 2. The second kappa shape index (κ2) is 11.5. The summed E-state index contributed by atoms with van der Waals surface area (Å²) in [5.41, 5.74) is 2.12. The molecule has 0 aliphatic carbocycles. The highest BCUT2D eigenvalue weighted by atomic mass is 16.2. The highest BCUT2D eigenvalue weighted by Crippen LogP contribution is 2.15. The molecule has 0 atom stereocenters. The van der Waals surface area contributed by atoms with Crippen LogP contribution in [0.25, 0.3) is 23.0 Å². The highest BCUT2D eigenvalue weighted by molar-refractivity contribution is 5.93. The van der Waals surface area contributed by atoms with E-state index in [4.69, 9.17) is 0 Å². The lowest BCUT2D eigenvalue weighted by Gasteiger charge is -2.17. The standard InChI is InChI=1S/C24H23N9O3/c1-16-8-11-22(36)33(16)14-13-26-20(34)6-4-7-21(35)28-17-9-10-19(27-15-17)24-31-29-23(30-32-24)18-5-2-3-12-25-18/h2-3,5,8-12,15H,1,4,6-7,13-14H2,(H,26,34)(H,28,35). The summed E-state index contributed by atoms with van der Waals surface area (Å²) in [5.74, 6) is -0.0140. The van der Waals surface area contributed by atoms with Crippen LogP contribution in [-0.2, 0) is 14.4 Å². The number of anilines is 1. The third kappa shape index (κ3) is 6.38. The number of rotatable bonds is 10. The van der Waals surface area contributed by atoms with E-state index in [1.165, 1.54) is 17.2 Å². The molecular weight excluding hydrogens is 462 g/mol. The fourth-order valence-corrected chi connectivity index (χ4v) is 3.30. The number of allylic oxidation sites excluding steroid dienone is 1. The highest BCUT2D eigenvalue weighted by Gasteiger charge is 2.18. The lowest BCUT2D eigenvalue weighted by Crippen LogP contribution is -2.35. The molecular formula is C24H23N9O3. The fourth-order valence-electron chi connectivity index (χ4n) is 3.30. The van der Waals surface area contributed by atoms with E-state index < -0.39 is 0 Å². The summed E-state index contributed by atoms with van der Waals surface area (Å²) >= 11 is 0. The summed E-state index contributed by atoms with van der Waals surface area (Å²) in [6, 6.07) is 8.69. The van der Waals surface area contributed by atoms with Crippen LogP contribution in [0.2, 0.25) is 0 Å². The van der Waals surface area contributed by atoms with Gasteiger partial charge in [0.15, 0.2) is 0 Å². The van der Waals surface area contributed by atoms with E-state index in [9.17, 15) is 14.4 Å². The number of carbonyl (C=O) groups is 3. The average molecular weight is 486 g/mol. The lowest BCUT2D eigenvalue weighted by molar-refractivity contribution is -0.125. The van der Waals surface area contributed by atoms with E-state index in [1.54, 1.807) is 36.5 Å². The zero-order valence-corrected chi connectivity index (χ0v) is 19.3. The molecule has 0 saturated carbocycles. The van der Waals surface area contributed by atoms with Gasteiger partial charge in [0.25, 0.3) is 5.91 Å². The van der Waals surface area contributed by atoms with Crippen molar-refractivity contribution in [3.8, 4) is 23.0 Å². The number of pyridine rings is 2. The topological polar surface area (TPSA) is 156 Å². The van der Waals surface area contributed by atoms with Gasteiger partial charge in [-0.1, -0.05) is 12.6 Å². The van der Waals surface area contributed by atoms with Crippen LogP contribution in [0.4, 0.5) is 5.69 Å². The summed E-state index contributed by atoms with van der Waals surface area (Å²) < 4.78 is 0. The molecule has 0 radical (unpaired) electrons. The van der Waals surface area contributed by atoms with Crippen LogP contribution in [0.1, 0.15) is 19.3 Å². The van der Waals surface area contributed by atoms with Crippen LogP contribution in [0.5, 0.6) is 0 Å². The van der Waals surface area contributed by atoms with Gasteiger partial charge >= 0.3 is 0 Å². The summed E-state index contributed by atoms with van der Waals surface area (Å²) in [4.78, 5) is 45.7. The Morgan fingerprint density at radius 2 is 1.61 bits per heavy atom. The van der Waals surface area contributed by atoms with E-state index in [-0.39, 0.29) is 36.4 Å². The minimum absolute atomic E-state index is 0.146. The Kier molecular flexibility index (Phi) is 7.76.